The molecule has 1 heterocycles. The number of aryl methyl sites for hydroxylation is 1. The molecule has 3 aromatic rings. The van der Waals surface area contributed by atoms with Crippen LogP contribution in [-0.2, 0) is 10.0 Å². The Morgan fingerprint density at radius 1 is 1.17 bits per heavy atom. The standard InChI is InChI=1S/C15H12ClFN4O2S/c1-10-18-15(19-21(10)13-5-3-2-4-6-13)20-24(22,23)14-8-11(16)7-12(17)9-14/h2-9H,1H3,(H,19,20). The number of hydrogen-bond donors (Lipinski definition) is 1. The van der Waals surface area contributed by atoms with Gasteiger partial charge in [-0.15, -0.1) is 5.10 Å². The summed E-state index contributed by atoms with van der Waals surface area (Å²) in [5, 5.41) is 4.10. The Bertz CT molecular complexity index is 970. The molecule has 1 aromatic heterocycles. The second-order valence-electron chi connectivity index (χ2n) is 4.94. The maximum atomic E-state index is 13.4. The highest BCUT2D eigenvalue weighted by molar-refractivity contribution is 7.92. The van der Waals surface area contributed by atoms with Crippen molar-refractivity contribution in [2.24, 2.45) is 0 Å². The molecular weight excluding hydrogens is 355 g/mol. The van der Waals surface area contributed by atoms with E-state index in [4.69, 9.17) is 11.6 Å². The lowest BCUT2D eigenvalue weighted by Crippen LogP contribution is -2.14. The van der Waals surface area contributed by atoms with E-state index in [1.54, 1.807) is 6.92 Å². The Labute approximate surface area is 143 Å². The van der Waals surface area contributed by atoms with Gasteiger partial charge in [0.05, 0.1) is 10.6 Å². The summed E-state index contributed by atoms with van der Waals surface area (Å²) in [4.78, 5) is 3.77. The summed E-state index contributed by atoms with van der Waals surface area (Å²) in [5.74, 6) is -0.366. The zero-order chi connectivity index (χ0) is 17.3. The van der Waals surface area contributed by atoms with Crippen LogP contribution in [0.4, 0.5) is 10.3 Å². The minimum atomic E-state index is -4.06. The van der Waals surface area contributed by atoms with Crippen LogP contribution in [0.1, 0.15) is 5.82 Å². The molecule has 0 amide bonds. The summed E-state index contributed by atoms with van der Waals surface area (Å²) in [7, 11) is -4.06. The van der Waals surface area contributed by atoms with E-state index < -0.39 is 15.8 Å². The van der Waals surface area contributed by atoms with Crippen molar-refractivity contribution < 1.29 is 12.8 Å². The summed E-state index contributed by atoms with van der Waals surface area (Å²) in [5.41, 5.74) is 0.738. The molecule has 124 valence electrons. The average Bonchev–Trinajstić information content (AvgIpc) is 2.87. The third-order valence-electron chi connectivity index (χ3n) is 3.14. The molecule has 0 aliphatic heterocycles. The van der Waals surface area contributed by atoms with Crippen LogP contribution in [0.3, 0.4) is 0 Å². The van der Waals surface area contributed by atoms with Crippen LogP contribution in [0.2, 0.25) is 5.02 Å². The van der Waals surface area contributed by atoms with Gasteiger partial charge in [0.25, 0.3) is 16.0 Å². The topological polar surface area (TPSA) is 76.9 Å². The lowest BCUT2D eigenvalue weighted by Gasteiger charge is -2.05. The van der Waals surface area contributed by atoms with Crippen molar-refractivity contribution in [3.05, 3.63) is 65.2 Å². The van der Waals surface area contributed by atoms with Gasteiger partial charge in [-0.3, -0.25) is 0 Å². The molecule has 0 atom stereocenters. The number of halogens is 2. The minimum Gasteiger partial charge on any atom is -0.246 e. The number of sulfonamides is 1. The predicted octanol–water partition coefficient (Wildman–Crippen LogP) is 3.17. The fourth-order valence-corrected chi connectivity index (χ4v) is 3.39. The van der Waals surface area contributed by atoms with Crippen molar-refractivity contribution in [3.8, 4) is 5.69 Å². The van der Waals surface area contributed by atoms with E-state index in [2.05, 4.69) is 14.8 Å². The summed E-state index contributed by atoms with van der Waals surface area (Å²) in [6.45, 7) is 1.69. The molecular formula is C15H12ClFN4O2S. The van der Waals surface area contributed by atoms with Crippen molar-refractivity contribution in [3.63, 3.8) is 0 Å². The first kappa shape index (κ1) is 16.4. The number of nitrogens with zero attached hydrogens (tertiary/aromatic N) is 3. The van der Waals surface area contributed by atoms with Crippen LogP contribution in [0.15, 0.2) is 53.4 Å². The number of benzene rings is 2. The van der Waals surface area contributed by atoms with E-state index in [1.807, 2.05) is 30.3 Å². The van der Waals surface area contributed by atoms with Gasteiger partial charge in [0.1, 0.15) is 11.6 Å². The lowest BCUT2D eigenvalue weighted by molar-refractivity contribution is 0.595. The van der Waals surface area contributed by atoms with E-state index in [-0.39, 0.29) is 15.9 Å². The van der Waals surface area contributed by atoms with Crippen molar-refractivity contribution in [1.82, 2.24) is 14.8 Å². The highest BCUT2D eigenvalue weighted by Gasteiger charge is 2.19. The highest BCUT2D eigenvalue weighted by atomic mass is 35.5. The van der Waals surface area contributed by atoms with E-state index in [0.29, 0.717) is 5.82 Å². The third kappa shape index (κ3) is 3.39. The Kier molecular flexibility index (Phi) is 4.25. The van der Waals surface area contributed by atoms with Gasteiger partial charge in [-0.1, -0.05) is 29.8 Å². The number of hydrogen-bond acceptors (Lipinski definition) is 4. The Morgan fingerprint density at radius 2 is 1.88 bits per heavy atom. The van der Waals surface area contributed by atoms with Gasteiger partial charge in [0.2, 0.25) is 0 Å². The summed E-state index contributed by atoms with van der Waals surface area (Å²) in [6, 6.07) is 12.2. The molecule has 0 spiro atoms. The Hall–Kier alpha value is -2.45. The first-order chi connectivity index (χ1) is 11.3. The highest BCUT2D eigenvalue weighted by Crippen LogP contribution is 2.20. The molecule has 3 rings (SSSR count). The molecule has 0 aliphatic rings. The second kappa shape index (κ2) is 6.21. The van der Waals surface area contributed by atoms with Crippen molar-refractivity contribution >= 4 is 27.6 Å². The fraction of sp³-hybridized carbons (Fsp3) is 0.0667. The van der Waals surface area contributed by atoms with E-state index in [1.165, 1.54) is 4.68 Å². The molecule has 9 heteroatoms. The first-order valence-electron chi connectivity index (χ1n) is 6.83. The first-order valence-corrected chi connectivity index (χ1v) is 8.69. The average molecular weight is 367 g/mol. The van der Waals surface area contributed by atoms with E-state index in [9.17, 15) is 12.8 Å². The van der Waals surface area contributed by atoms with Crippen molar-refractivity contribution in [1.29, 1.82) is 0 Å². The molecule has 0 saturated heterocycles. The predicted molar refractivity (Wildman–Crippen MR) is 88.3 cm³/mol. The largest absolute Gasteiger partial charge is 0.264 e. The molecule has 0 fully saturated rings. The van der Waals surface area contributed by atoms with Gasteiger partial charge in [-0.25, -0.2) is 22.2 Å². The van der Waals surface area contributed by atoms with Gasteiger partial charge in [-0.2, -0.15) is 4.98 Å². The fourth-order valence-electron chi connectivity index (χ4n) is 2.11. The number of nitrogens with one attached hydrogen (secondary N) is 1. The number of aromatic nitrogens is 3. The third-order valence-corrected chi connectivity index (χ3v) is 4.67. The van der Waals surface area contributed by atoms with Gasteiger partial charge in [0.15, 0.2) is 0 Å². The Balaban J connectivity index is 1.94. The maximum Gasteiger partial charge on any atom is 0.264 e. The van der Waals surface area contributed by atoms with E-state index >= 15 is 0 Å². The van der Waals surface area contributed by atoms with Crippen LogP contribution in [-0.4, -0.2) is 23.2 Å². The van der Waals surface area contributed by atoms with Crippen LogP contribution >= 0.6 is 11.6 Å². The Morgan fingerprint density at radius 3 is 2.54 bits per heavy atom. The number of para-hydroxylation sites is 1. The minimum absolute atomic E-state index is 0.0191. The van der Waals surface area contributed by atoms with Gasteiger partial charge in [0, 0.05) is 5.02 Å². The normalized spacial score (nSPS) is 11.5. The number of rotatable bonds is 4. The van der Waals surface area contributed by atoms with Crippen LogP contribution in [0, 0.1) is 12.7 Å². The van der Waals surface area contributed by atoms with Gasteiger partial charge >= 0.3 is 0 Å². The maximum absolute atomic E-state index is 13.4. The van der Waals surface area contributed by atoms with Crippen LogP contribution in [0.5, 0.6) is 0 Å². The molecule has 0 aliphatic carbocycles. The zero-order valence-corrected chi connectivity index (χ0v) is 14.0. The summed E-state index contributed by atoms with van der Waals surface area (Å²) in [6.07, 6.45) is 0. The molecule has 24 heavy (non-hydrogen) atoms. The zero-order valence-electron chi connectivity index (χ0n) is 12.4. The SMILES string of the molecule is Cc1nc(NS(=O)(=O)c2cc(F)cc(Cl)c2)nn1-c1ccccc1. The molecule has 0 saturated carbocycles. The smallest absolute Gasteiger partial charge is 0.246 e. The summed E-state index contributed by atoms with van der Waals surface area (Å²) >= 11 is 5.70. The quantitative estimate of drug-likeness (QED) is 0.769. The van der Waals surface area contributed by atoms with Crippen LogP contribution in [0.25, 0.3) is 5.69 Å². The summed E-state index contributed by atoms with van der Waals surface area (Å²) < 4.78 is 41.8. The molecule has 0 radical (unpaired) electrons. The molecule has 1 N–H and O–H groups in total. The van der Waals surface area contributed by atoms with Crippen molar-refractivity contribution in [2.75, 3.05) is 4.72 Å². The molecule has 2 aromatic carbocycles. The molecule has 0 unspecified atom stereocenters. The lowest BCUT2D eigenvalue weighted by atomic mass is 10.3. The van der Waals surface area contributed by atoms with Gasteiger partial charge in [-0.05, 0) is 37.3 Å². The molecule has 6 nitrogen and oxygen atoms in total. The second-order valence-corrected chi connectivity index (χ2v) is 7.06. The van der Waals surface area contributed by atoms with Gasteiger partial charge < -0.3 is 0 Å². The monoisotopic (exact) mass is 366 g/mol. The molecule has 0 bridgehead atoms. The van der Waals surface area contributed by atoms with E-state index in [0.717, 1.165) is 23.9 Å². The van der Waals surface area contributed by atoms with Crippen LogP contribution < -0.4 is 4.72 Å². The number of anilines is 1. The van der Waals surface area contributed by atoms with Crippen molar-refractivity contribution in [2.45, 2.75) is 11.8 Å².